The Labute approximate surface area is 101 Å². The molecule has 1 heterocycles. The van der Waals surface area contributed by atoms with E-state index in [4.69, 9.17) is 5.73 Å². The third kappa shape index (κ3) is 1.76. The van der Waals surface area contributed by atoms with Crippen LogP contribution in [0.3, 0.4) is 0 Å². The van der Waals surface area contributed by atoms with Crippen molar-refractivity contribution in [2.24, 2.45) is 5.73 Å². The average Bonchev–Trinajstić information content (AvgIpc) is 2.92. The van der Waals surface area contributed by atoms with E-state index >= 15 is 0 Å². The smallest absolute Gasteiger partial charge is 0.128 e. The van der Waals surface area contributed by atoms with Crippen LogP contribution in [0.15, 0.2) is 30.3 Å². The van der Waals surface area contributed by atoms with Crippen molar-refractivity contribution in [3.63, 3.8) is 0 Å². The maximum Gasteiger partial charge on any atom is 0.128 e. The van der Waals surface area contributed by atoms with Crippen molar-refractivity contribution in [3.05, 3.63) is 53.1 Å². The molecule has 3 nitrogen and oxygen atoms in total. The summed E-state index contributed by atoms with van der Waals surface area (Å²) in [6.07, 6.45) is 2.31. The SMILES string of the molecule is CC1CCc2[nH]c([C@@H](N)c3ccccc3)nc21. The fraction of sp³-hybridized carbons (Fsp3) is 0.357. The minimum Gasteiger partial charge on any atom is -0.344 e. The van der Waals surface area contributed by atoms with Crippen molar-refractivity contribution in [1.82, 2.24) is 9.97 Å². The van der Waals surface area contributed by atoms with Crippen molar-refractivity contribution >= 4 is 0 Å². The van der Waals surface area contributed by atoms with Crippen molar-refractivity contribution in [3.8, 4) is 0 Å². The predicted octanol–water partition coefficient (Wildman–Crippen LogP) is 2.51. The highest BCUT2D eigenvalue weighted by molar-refractivity contribution is 5.30. The third-order valence-corrected chi connectivity index (χ3v) is 3.58. The minimum absolute atomic E-state index is 0.144. The van der Waals surface area contributed by atoms with Crippen LogP contribution in [-0.4, -0.2) is 9.97 Å². The molecule has 1 unspecified atom stereocenters. The van der Waals surface area contributed by atoms with Gasteiger partial charge in [-0.2, -0.15) is 0 Å². The van der Waals surface area contributed by atoms with Crippen LogP contribution in [0, 0.1) is 0 Å². The topological polar surface area (TPSA) is 54.7 Å². The summed E-state index contributed by atoms with van der Waals surface area (Å²) in [4.78, 5) is 8.05. The molecule has 0 radical (unpaired) electrons. The molecule has 0 bridgehead atoms. The first kappa shape index (κ1) is 10.5. The van der Waals surface area contributed by atoms with E-state index < -0.39 is 0 Å². The fourth-order valence-corrected chi connectivity index (χ4v) is 2.51. The van der Waals surface area contributed by atoms with Crippen molar-refractivity contribution < 1.29 is 0 Å². The van der Waals surface area contributed by atoms with E-state index in [1.807, 2.05) is 30.3 Å². The summed E-state index contributed by atoms with van der Waals surface area (Å²) in [6.45, 7) is 2.23. The Morgan fingerprint density at radius 2 is 2.12 bits per heavy atom. The maximum atomic E-state index is 6.23. The van der Waals surface area contributed by atoms with Crippen LogP contribution in [0.25, 0.3) is 0 Å². The second-order valence-corrected chi connectivity index (χ2v) is 4.81. The molecule has 1 aliphatic rings. The van der Waals surface area contributed by atoms with Gasteiger partial charge in [-0.3, -0.25) is 0 Å². The number of imidazole rings is 1. The van der Waals surface area contributed by atoms with Crippen LogP contribution in [0.2, 0.25) is 0 Å². The molecule has 0 saturated heterocycles. The fourth-order valence-electron chi connectivity index (χ4n) is 2.51. The molecule has 0 fully saturated rings. The number of aromatic nitrogens is 2. The number of aromatic amines is 1. The molecule has 0 saturated carbocycles. The predicted molar refractivity (Wildman–Crippen MR) is 67.8 cm³/mol. The Morgan fingerprint density at radius 1 is 1.35 bits per heavy atom. The van der Waals surface area contributed by atoms with Gasteiger partial charge < -0.3 is 10.7 Å². The summed E-state index contributed by atoms with van der Waals surface area (Å²) < 4.78 is 0. The van der Waals surface area contributed by atoms with Crippen molar-refractivity contribution in [2.75, 3.05) is 0 Å². The van der Waals surface area contributed by atoms with Crippen LogP contribution in [0.5, 0.6) is 0 Å². The first-order chi connectivity index (χ1) is 8.25. The second-order valence-electron chi connectivity index (χ2n) is 4.81. The largest absolute Gasteiger partial charge is 0.344 e. The third-order valence-electron chi connectivity index (χ3n) is 3.58. The molecule has 0 spiro atoms. The zero-order valence-corrected chi connectivity index (χ0v) is 9.98. The summed E-state index contributed by atoms with van der Waals surface area (Å²) in [5.41, 5.74) is 9.82. The Balaban J connectivity index is 1.93. The van der Waals surface area contributed by atoms with E-state index in [2.05, 4.69) is 16.9 Å². The number of nitrogens with two attached hydrogens (primary N) is 1. The van der Waals surface area contributed by atoms with E-state index in [-0.39, 0.29) is 6.04 Å². The van der Waals surface area contributed by atoms with Gasteiger partial charge in [0.1, 0.15) is 5.82 Å². The normalized spacial score (nSPS) is 20.2. The molecular formula is C14H17N3. The first-order valence-electron chi connectivity index (χ1n) is 6.15. The maximum absolute atomic E-state index is 6.23. The summed E-state index contributed by atoms with van der Waals surface area (Å²) in [5, 5.41) is 0. The van der Waals surface area contributed by atoms with Gasteiger partial charge in [0.15, 0.2) is 0 Å². The van der Waals surface area contributed by atoms with Crippen LogP contribution in [-0.2, 0) is 6.42 Å². The molecular weight excluding hydrogens is 210 g/mol. The summed E-state index contributed by atoms with van der Waals surface area (Å²) in [5.74, 6) is 1.46. The molecule has 3 N–H and O–H groups in total. The van der Waals surface area contributed by atoms with E-state index in [9.17, 15) is 0 Å². The zero-order valence-electron chi connectivity index (χ0n) is 9.98. The van der Waals surface area contributed by atoms with Crippen molar-refractivity contribution in [1.29, 1.82) is 0 Å². The summed E-state index contributed by atoms with van der Waals surface area (Å²) in [6, 6.07) is 9.96. The molecule has 0 aliphatic heterocycles. The monoisotopic (exact) mass is 227 g/mol. The number of hydrogen-bond acceptors (Lipinski definition) is 2. The molecule has 1 aromatic heterocycles. The second kappa shape index (κ2) is 4.00. The molecule has 3 rings (SSSR count). The quantitative estimate of drug-likeness (QED) is 0.828. The lowest BCUT2D eigenvalue weighted by atomic mass is 10.1. The number of fused-ring (bicyclic) bond motifs is 1. The van der Waals surface area contributed by atoms with Crippen LogP contribution in [0.1, 0.15) is 48.1 Å². The van der Waals surface area contributed by atoms with Gasteiger partial charge in [-0.15, -0.1) is 0 Å². The number of nitrogens with one attached hydrogen (secondary N) is 1. The Morgan fingerprint density at radius 3 is 2.82 bits per heavy atom. The van der Waals surface area contributed by atoms with E-state index in [1.54, 1.807) is 0 Å². The van der Waals surface area contributed by atoms with Gasteiger partial charge in [-0.25, -0.2) is 4.98 Å². The summed E-state index contributed by atoms with van der Waals surface area (Å²) in [7, 11) is 0. The van der Waals surface area contributed by atoms with Crippen LogP contribution in [0.4, 0.5) is 0 Å². The number of rotatable bonds is 2. The highest BCUT2D eigenvalue weighted by Gasteiger charge is 2.25. The van der Waals surface area contributed by atoms with Gasteiger partial charge in [0.25, 0.3) is 0 Å². The molecule has 88 valence electrons. The highest BCUT2D eigenvalue weighted by atomic mass is 15.0. The number of benzene rings is 1. The van der Waals surface area contributed by atoms with E-state index in [1.165, 1.54) is 17.8 Å². The van der Waals surface area contributed by atoms with E-state index in [0.717, 1.165) is 17.8 Å². The lowest BCUT2D eigenvalue weighted by molar-refractivity contribution is 0.702. The van der Waals surface area contributed by atoms with Crippen LogP contribution >= 0.6 is 0 Å². The lowest BCUT2D eigenvalue weighted by Crippen LogP contribution is -2.13. The Hall–Kier alpha value is -1.61. The van der Waals surface area contributed by atoms with Gasteiger partial charge in [0, 0.05) is 11.6 Å². The zero-order chi connectivity index (χ0) is 11.8. The van der Waals surface area contributed by atoms with Crippen LogP contribution < -0.4 is 5.73 Å². The first-order valence-corrected chi connectivity index (χ1v) is 6.15. The molecule has 2 atom stereocenters. The lowest BCUT2D eigenvalue weighted by Gasteiger charge is -2.09. The van der Waals surface area contributed by atoms with Gasteiger partial charge in [-0.05, 0) is 18.4 Å². The molecule has 1 aliphatic carbocycles. The summed E-state index contributed by atoms with van der Waals surface area (Å²) >= 11 is 0. The number of nitrogens with zero attached hydrogens (tertiary/aromatic N) is 1. The number of hydrogen-bond donors (Lipinski definition) is 2. The minimum atomic E-state index is -0.144. The number of H-pyrrole nitrogens is 1. The van der Waals surface area contributed by atoms with Gasteiger partial charge in [0.05, 0.1) is 11.7 Å². The molecule has 0 amide bonds. The standard InChI is InChI=1S/C14H17N3/c1-9-7-8-11-13(9)17-14(16-11)12(15)10-5-3-2-4-6-10/h2-6,9,12H,7-8,15H2,1H3,(H,16,17)/t9?,12-/m0/s1. The molecule has 1 aromatic carbocycles. The van der Waals surface area contributed by atoms with E-state index in [0.29, 0.717) is 5.92 Å². The highest BCUT2D eigenvalue weighted by Crippen LogP contribution is 2.32. The average molecular weight is 227 g/mol. The Bertz CT molecular complexity index is 516. The van der Waals surface area contributed by atoms with Gasteiger partial charge in [-0.1, -0.05) is 37.3 Å². The number of aryl methyl sites for hydroxylation is 1. The molecule has 3 heteroatoms. The molecule has 17 heavy (non-hydrogen) atoms. The Kier molecular flexibility index (Phi) is 2.48. The van der Waals surface area contributed by atoms with Gasteiger partial charge >= 0.3 is 0 Å². The van der Waals surface area contributed by atoms with Gasteiger partial charge in [0.2, 0.25) is 0 Å². The van der Waals surface area contributed by atoms with Crippen molar-refractivity contribution in [2.45, 2.75) is 31.7 Å². The molecule has 2 aromatic rings.